The van der Waals surface area contributed by atoms with Gasteiger partial charge in [0.2, 0.25) is 5.91 Å². The van der Waals surface area contributed by atoms with Gasteiger partial charge in [0.1, 0.15) is 0 Å². The highest BCUT2D eigenvalue weighted by atomic mass is 16.5. The number of aromatic nitrogens is 1. The van der Waals surface area contributed by atoms with E-state index in [-0.39, 0.29) is 17.9 Å². The molecular weight excluding hydrogens is 304 g/mol. The Morgan fingerprint density at radius 2 is 2.25 bits per heavy atom. The molecule has 24 heavy (non-hydrogen) atoms. The number of ether oxygens (including phenoxy) is 2. The summed E-state index contributed by atoms with van der Waals surface area (Å²) in [5, 5.41) is 0. The molecule has 1 saturated heterocycles. The minimum absolute atomic E-state index is 0.00763. The van der Waals surface area contributed by atoms with Crippen molar-refractivity contribution in [3.8, 4) is 0 Å². The number of carbonyl (C=O) groups is 1. The van der Waals surface area contributed by atoms with Crippen molar-refractivity contribution in [1.82, 2.24) is 9.88 Å². The number of morpholine rings is 1. The number of rotatable bonds is 5. The first-order chi connectivity index (χ1) is 11.8. The van der Waals surface area contributed by atoms with Gasteiger partial charge in [0.05, 0.1) is 30.9 Å². The zero-order chi connectivity index (χ0) is 16.4. The van der Waals surface area contributed by atoms with E-state index >= 15 is 0 Å². The third kappa shape index (κ3) is 3.62. The fraction of sp³-hybridized carbons (Fsp3) is 0.684. The van der Waals surface area contributed by atoms with Crippen molar-refractivity contribution in [3.63, 3.8) is 0 Å². The maximum atomic E-state index is 13.0. The van der Waals surface area contributed by atoms with Crippen LogP contribution in [0.15, 0.2) is 18.3 Å². The van der Waals surface area contributed by atoms with Crippen LogP contribution in [0.3, 0.4) is 0 Å². The minimum atomic E-state index is -0.0823. The molecule has 2 atom stereocenters. The Bertz CT molecular complexity index is 588. The lowest BCUT2D eigenvalue weighted by Gasteiger charge is -2.36. The molecule has 2 heterocycles. The van der Waals surface area contributed by atoms with Gasteiger partial charge >= 0.3 is 0 Å². The number of nitrogens with zero attached hydrogens (tertiary/aromatic N) is 2. The van der Waals surface area contributed by atoms with Crippen LogP contribution >= 0.6 is 0 Å². The number of carbonyl (C=O) groups excluding carboxylic acids is 1. The molecule has 1 aromatic rings. The molecule has 1 aromatic heterocycles. The van der Waals surface area contributed by atoms with Crippen LogP contribution in [-0.2, 0) is 20.7 Å². The van der Waals surface area contributed by atoms with Crippen molar-refractivity contribution in [1.29, 1.82) is 0 Å². The lowest BCUT2D eigenvalue weighted by Crippen LogP contribution is -2.49. The summed E-state index contributed by atoms with van der Waals surface area (Å²) in [4.78, 5) is 19.5. The van der Waals surface area contributed by atoms with Crippen LogP contribution in [0, 0.1) is 5.92 Å². The fourth-order valence-corrected chi connectivity index (χ4v) is 3.74. The molecule has 5 nitrogen and oxygen atoms in total. The highest BCUT2D eigenvalue weighted by Crippen LogP contribution is 2.32. The topological polar surface area (TPSA) is 51.7 Å². The first-order valence-electron chi connectivity index (χ1n) is 9.23. The molecule has 1 saturated carbocycles. The molecule has 0 spiro atoms. The molecule has 1 amide bonds. The van der Waals surface area contributed by atoms with Crippen LogP contribution in [0.5, 0.6) is 0 Å². The van der Waals surface area contributed by atoms with Crippen LogP contribution in [0.2, 0.25) is 0 Å². The molecule has 130 valence electrons. The molecule has 5 heteroatoms. The summed E-state index contributed by atoms with van der Waals surface area (Å²) < 4.78 is 11.5. The Morgan fingerprint density at radius 1 is 1.33 bits per heavy atom. The van der Waals surface area contributed by atoms with Crippen molar-refractivity contribution in [3.05, 3.63) is 29.6 Å². The Kier molecular flexibility index (Phi) is 4.81. The summed E-state index contributed by atoms with van der Waals surface area (Å²) in [6.45, 7) is 3.36. The van der Waals surface area contributed by atoms with E-state index in [0.717, 1.165) is 37.5 Å². The molecule has 2 fully saturated rings. The number of amides is 1. The first kappa shape index (κ1) is 16.0. The zero-order valence-electron chi connectivity index (χ0n) is 14.2. The second kappa shape index (κ2) is 7.19. The van der Waals surface area contributed by atoms with Crippen LogP contribution in [-0.4, -0.2) is 54.8 Å². The number of fused-ring (bicyclic) bond motifs is 1. The van der Waals surface area contributed by atoms with Gasteiger partial charge in [-0.25, -0.2) is 0 Å². The largest absolute Gasteiger partial charge is 0.378 e. The van der Waals surface area contributed by atoms with Gasteiger partial charge in [-0.15, -0.1) is 0 Å². The quantitative estimate of drug-likeness (QED) is 0.830. The number of pyridine rings is 1. The van der Waals surface area contributed by atoms with Crippen molar-refractivity contribution >= 4 is 5.91 Å². The molecule has 0 N–H and O–H groups in total. The monoisotopic (exact) mass is 330 g/mol. The van der Waals surface area contributed by atoms with E-state index in [1.54, 1.807) is 6.20 Å². The second-order valence-corrected chi connectivity index (χ2v) is 7.25. The van der Waals surface area contributed by atoms with Gasteiger partial charge in [-0.05, 0) is 49.7 Å². The average Bonchev–Trinajstić information content (AvgIpc) is 3.45. The smallest absolute Gasteiger partial charge is 0.231 e. The lowest BCUT2D eigenvalue weighted by atomic mass is 9.85. The number of aryl methyl sites for hydroxylation is 1. The van der Waals surface area contributed by atoms with E-state index < -0.39 is 0 Å². The summed E-state index contributed by atoms with van der Waals surface area (Å²) in [7, 11) is 0. The van der Waals surface area contributed by atoms with E-state index in [2.05, 4.69) is 11.1 Å². The number of hydrogen-bond acceptors (Lipinski definition) is 4. The van der Waals surface area contributed by atoms with Gasteiger partial charge in [0.15, 0.2) is 0 Å². The van der Waals surface area contributed by atoms with Crippen molar-refractivity contribution < 1.29 is 14.3 Å². The van der Waals surface area contributed by atoms with Crippen LogP contribution < -0.4 is 0 Å². The van der Waals surface area contributed by atoms with Gasteiger partial charge < -0.3 is 14.4 Å². The molecular formula is C19H26N2O3. The van der Waals surface area contributed by atoms with Crippen LogP contribution in [0.4, 0.5) is 0 Å². The average molecular weight is 330 g/mol. The summed E-state index contributed by atoms with van der Waals surface area (Å²) >= 11 is 0. The Balaban J connectivity index is 1.37. The van der Waals surface area contributed by atoms with E-state index in [4.69, 9.17) is 9.47 Å². The van der Waals surface area contributed by atoms with E-state index in [0.29, 0.717) is 26.3 Å². The molecule has 0 aromatic carbocycles. The second-order valence-electron chi connectivity index (χ2n) is 7.25. The third-order valence-corrected chi connectivity index (χ3v) is 5.30. The lowest BCUT2D eigenvalue weighted by molar-refractivity contribution is -0.143. The zero-order valence-corrected chi connectivity index (χ0v) is 14.2. The first-order valence-corrected chi connectivity index (χ1v) is 9.23. The molecule has 0 unspecified atom stereocenters. The summed E-state index contributed by atoms with van der Waals surface area (Å²) in [5.41, 5.74) is 2.22. The molecule has 4 rings (SSSR count). The van der Waals surface area contributed by atoms with Crippen molar-refractivity contribution in [2.45, 2.75) is 44.1 Å². The molecule has 0 radical (unpaired) electrons. The van der Waals surface area contributed by atoms with Crippen LogP contribution in [0.25, 0.3) is 0 Å². The summed E-state index contributed by atoms with van der Waals surface area (Å²) in [5.74, 6) is 0.891. The predicted octanol–water partition coefficient (Wildman–Crippen LogP) is 2.16. The van der Waals surface area contributed by atoms with Gasteiger partial charge in [0.25, 0.3) is 0 Å². The normalized spacial score (nSPS) is 26.9. The highest BCUT2D eigenvalue weighted by Gasteiger charge is 2.34. The van der Waals surface area contributed by atoms with Gasteiger partial charge in [-0.2, -0.15) is 0 Å². The Morgan fingerprint density at radius 3 is 3.12 bits per heavy atom. The van der Waals surface area contributed by atoms with Crippen LogP contribution in [0.1, 0.15) is 42.9 Å². The molecule has 2 aliphatic carbocycles. The maximum Gasteiger partial charge on any atom is 0.231 e. The van der Waals surface area contributed by atoms with E-state index in [9.17, 15) is 4.79 Å². The third-order valence-electron chi connectivity index (χ3n) is 5.30. The van der Waals surface area contributed by atoms with Crippen molar-refractivity contribution in [2.24, 2.45) is 5.92 Å². The highest BCUT2D eigenvalue weighted by molar-refractivity contribution is 5.84. The van der Waals surface area contributed by atoms with Crippen molar-refractivity contribution in [2.75, 3.05) is 32.9 Å². The number of hydrogen-bond donors (Lipinski definition) is 0. The fourth-order valence-electron chi connectivity index (χ4n) is 3.74. The van der Waals surface area contributed by atoms with Gasteiger partial charge in [0, 0.05) is 25.9 Å². The Hall–Kier alpha value is -1.46. The van der Waals surface area contributed by atoms with E-state index in [1.165, 1.54) is 18.4 Å². The molecule has 3 aliphatic rings. The summed E-state index contributed by atoms with van der Waals surface area (Å²) in [6.07, 6.45) is 7.41. The van der Waals surface area contributed by atoms with Gasteiger partial charge in [-0.1, -0.05) is 6.07 Å². The standard InChI is InChI=1S/C19H26N2O3/c22-19(17-5-1-3-15-4-2-8-20-18(15)17)21-9-10-24-16(11-21)13-23-12-14-6-7-14/h2,4,8,14,16-17H,1,3,5-7,9-13H2/t16-,17-/m0/s1. The van der Waals surface area contributed by atoms with Gasteiger partial charge in [-0.3, -0.25) is 9.78 Å². The molecule has 1 aliphatic heterocycles. The predicted molar refractivity (Wildman–Crippen MR) is 89.8 cm³/mol. The Labute approximate surface area is 143 Å². The van der Waals surface area contributed by atoms with E-state index in [1.807, 2.05) is 11.0 Å². The SMILES string of the molecule is O=C([C@H]1CCCc2cccnc21)N1CCO[C@H](COCC2CC2)C1. The maximum absolute atomic E-state index is 13.0. The summed E-state index contributed by atoms with van der Waals surface area (Å²) in [6, 6.07) is 4.07. The minimum Gasteiger partial charge on any atom is -0.378 e. The molecule has 0 bridgehead atoms.